The van der Waals surface area contributed by atoms with Crippen LogP contribution in [-0.4, -0.2) is 17.7 Å². The van der Waals surface area contributed by atoms with E-state index in [-0.39, 0.29) is 12.6 Å². The highest BCUT2D eigenvalue weighted by Gasteiger charge is 2.20. The summed E-state index contributed by atoms with van der Waals surface area (Å²) in [6.07, 6.45) is 3.43. The van der Waals surface area contributed by atoms with Crippen LogP contribution in [0.5, 0.6) is 0 Å². The lowest BCUT2D eigenvalue weighted by Gasteiger charge is -2.25. The van der Waals surface area contributed by atoms with E-state index in [0.29, 0.717) is 19.0 Å². The molecule has 0 radical (unpaired) electrons. The number of urea groups is 1. The Morgan fingerprint density at radius 2 is 1.79 bits per heavy atom. The van der Waals surface area contributed by atoms with E-state index in [1.54, 1.807) is 0 Å². The molecule has 1 atom stereocenters. The highest BCUT2D eigenvalue weighted by Crippen LogP contribution is 2.30. The number of aryl methyl sites for hydroxylation is 1. The first-order valence-electron chi connectivity index (χ1n) is 8.55. The summed E-state index contributed by atoms with van der Waals surface area (Å²) >= 11 is 0. The van der Waals surface area contributed by atoms with Crippen molar-refractivity contribution in [2.24, 2.45) is 0 Å². The van der Waals surface area contributed by atoms with Crippen LogP contribution in [-0.2, 0) is 19.6 Å². The van der Waals surface area contributed by atoms with Crippen molar-refractivity contribution < 1.29 is 9.90 Å². The molecule has 1 aliphatic rings. The molecular weight excluding hydrogens is 300 g/mol. The number of carbonyl (C=O) groups is 1. The minimum atomic E-state index is -0.161. The zero-order valence-corrected chi connectivity index (χ0v) is 13.8. The Morgan fingerprint density at radius 1 is 1.04 bits per heavy atom. The van der Waals surface area contributed by atoms with Crippen molar-refractivity contribution in [3.05, 3.63) is 70.8 Å². The number of aliphatic hydroxyl groups is 1. The monoisotopic (exact) mass is 324 g/mol. The number of carbonyl (C=O) groups excluding carboxylic acids is 1. The van der Waals surface area contributed by atoms with E-state index in [1.165, 1.54) is 17.5 Å². The van der Waals surface area contributed by atoms with Crippen LogP contribution in [0.3, 0.4) is 0 Å². The van der Waals surface area contributed by atoms with Crippen LogP contribution < -0.4 is 10.6 Å². The number of benzene rings is 2. The number of hydrogen-bond acceptors (Lipinski definition) is 2. The van der Waals surface area contributed by atoms with Crippen LogP contribution in [0.25, 0.3) is 0 Å². The maximum Gasteiger partial charge on any atom is 0.315 e. The molecule has 4 nitrogen and oxygen atoms in total. The van der Waals surface area contributed by atoms with Crippen molar-refractivity contribution in [1.82, 2.24) is 10.6 Å². The summed E-state index contributed by atoms with van der Waals surface area (Å²) in [5.41, 5.74) is 4.57. The lowest BCUT2D eigenvalue weighted by molar-refractivity contribution is 0.239. The van der Waals surface area contributed by atoms with Crippen LogP contribution in [0, 0.1) is 0 Å². The summed E-state index contributed by atoms with van der Waals surface area (Å²) in [5, 5.41) is 15.2. The third-order valence-corrected chi connectivity index (χ3v) is 4.73. The molecule has 0 heterocycles. The van der Waals surface area contributed by atoms with Gasteiger partial charge in [0.15, 0.2) is 0 Å². The molecule has 0 saturated carbocycles. The molecule has 126 valence electrons. The largest absolute Gasteiger partial charge is 0.392 e. The van der Waals surface area contributed by atoms with E-state index in [0.717, 1.165) is 24.0 Å². The van der Waals surface area contributed by atoms with Gasteiger partial charge in [0.1, 0.15) is 0 Å². The Balaban J connectivity index is 1.52. The molecule has 4 heteroatoms. The lowest BCUT2D eigenvalue weighted by atomic mass is 9.83. The molecule has 0 aromatic heterocycles. The van der Waals surface area contributed by atoms with E-state index < -0.39 is 0 Å². The van der Waals surface area contributed by atoms with Crippen molar-refractivity contribution in [1.29, 1.82) is 0 Å². The number of fused-ring (bicyclic) bond motifs is 1. The number of hydrogen-bond donors (Lipinski definition) is 3. The van der Waals surface area contributed by atoms with Crippen LogP contribution in [0.2, 0.25) is 0 Å². The lowest BCUT2D eigenvalue weighted by Crippen LogP contribution is -2.38. The van der Waals surface area contributed by atoms with Gasteiger partial charge >= 0.3 is 6.03 Å². The quantitative estimate of drug-likeness (QED) is 0.791. The Hall–Kier alpha value is -2.33. The van der Waals surface area contributed by atoms with Crippen LogP contribution in [0.4, 0.5) is 4.79 Å². The Morgan fingerprint density at radius 3 is 2.62 bits per heavy atom. The molecule has 1 aliphatic carbocycles. The second kappa shape index (κ2) is 7.97. The SMILES string of the molecule is O=C(NCc1ccccc1CO)NCC1CCCc2ccccc21. The van der Waals surface area contributed by atoms with Gasteiger partial charge < -0.3 is 15.7 Å². The van der Waals surface area contributed by atoms with Crippen LogP contribution in [0.1, 0.15) is 41.0 Å². The molecule has 24 heavy (non-hydrogen) atoms. The van der Waals surface area contributed by atoms with Crippen molar-refractivity contribution in [3.63, 3.8) is 0 Å². The molecule has 0 aliphatic heterocycles. The van der Waals surface area contributed by atoms with E-state index >= 15 is 0 Å². The summed E-state index contributed by atoms with van der Waals surface area (Å²) in [6, 6.07) is 15.9. The van der Waals surface area contributed by atoms with Gasteiger partial charge in [-0.1, -0.05) is 48.5 Å². The van der Waals surface area contributed by atoms with Gasteiger partial charge in [-0.05, 0) is 41.5 Å². The smallest absolute Gasteiger partial charge is 0.315 e. The summed E-state index contributed by atoms with van der Waals surface area (Å²) in [6.45, 7) is 1.06. The molecule has 0 saturated heterocycles. The predicted molar refractivity (Wildman–Crippen MR) is 94.7 cm³/mol. The Kier molecular flexibility index (Phi) is 5.49. The maximum absolute atomic E-state index is 12.1. The molecule has 1 unspecified atom stereocenters. The number of amides is 2. The molecule has 2 amide bonds. The number of aliphatic hydroxyl groups excluding tert-OH is 1. The van der Waals surface area contributed by atoms with Gasteiger partial charge in [0, 0.05) is 19.0 Å². The van der Waals surface area contributed by atoms with E-state index in [9.17, 15) is 9.90 Å². The fraction of sp³-hybridized carbons (Fsp3) is 0.350. The van der Waals surface area contributed by atoms with Gasteiger partial charge in [-0.3, -0.25) is 0 Å². The molecule has 0 bridgehead atoms. The summed E-state index contributed by atoms with van der Waals surface area (Å²) in [7, 11) is 0. The Bertz CT molecular complexity index is 700. The van der Waals surface area contributed by atoms with Crippen LogP contribution >= 0.6 is 0 Å². The maximum atomic E-state index is 12.1. The van der Waals surface area contributed by atoms with Crippen molar-refractivity contribution in [3.8, 4) is 0 Å². The molecule has 2 aromatic carbocycles. The molecule has 3 rings (SSSR count). The van der Waals surface area contributed by atoms with Crippen molar-refractivity contribution in [2.75, 3.05) is 6.54 Å². The fourth-order valence-electron chi connectivity index (χ4n) is 3.40. The fourth-order valence-corrected chi connectivity index (χ4v) is 3.40. The van der Waals surface area contributed by atoms with Gasteiger partial charge in [0.25, 0.3) is 0 Å². The normalized spacial score (nSPS) is 16.3. The number of rotatable bonds is 5. The highest BCUT2D eigenvalue weighted by atomic mass is 16.3. The topological polar surface area (TPSA) is 61.4 Å². The summed E-state index contributed by atoms with van der Waals surface area (Å²) in [5.74, 6) is 0.394. The second-order valence-electron chi connectivity index (χ2n) is 6.28. The molecule has 3 N–H and O–H groups in total. The van der Waals surface area contributed by atoms with Gasteiger partial charge in [0.2, 0.25) is 0 Å². The first-order chi connectivity index (χ1) is 11.8. The van der Waals surface area contributed by atoms with Gasteiger partial charge in [-0.25, -0.2) is 4.79 Å². The zero-order chi connectivity index (χ0) is 16.8. The minimum absolute atomic E-state index is 0.0155. The highest BCUT2D eigenvalue weighted by molar-refractivity contribution is 5.74. The van der Waals surface area contributed by atoms with E-state index in [2.05, 4.69) is 34.9 Å². The van der Waals surface area contributed by atoms with Gasteiger partial charge in [-0.2, -0.15) is 0 Å². The predicted octanol–water partition coefficient (Wildman–Crippen LogP) is 3.10. The van der Waals surface area contributed by atoms with E-state index in [4.69, 9.17) is 0 Å². The standard InChI is InChI=1S/C20H24N2O2/c23-14-18-8-2-1-7-16(18)12-21-20(24)22-13-17-10-5-9-15-6-3-4-11-19(15)17/h1-4,6-8,11,17,23H,5,9-10,12-14H2,(H2,21,22,24). The zero-order valence-electron chi connectivity index (χ0n) is 13.8. The molecular formula is C20H24N2O2. The van der Waals surface area contributed by atoms with Gasteiger partial charge in [0.05, 0.1) is 6.61 Å². The number of nitrogens with one attached hydrogen (secondary N) is 2. The summed E-state index contributed by atoms with van der Waals surface area (Å²) in [4.78, 5) is 12.1. The average molecular weight is 324 g/mol. The third-order valence-electron chi connectivity index (χ3n) is 4.73. The van der Waals surface area contributed by atoms with E-state index in [1.807, 2.05) is 24.3 Å². The van der Waals surface area contributed by atoms with Crippen molar-refractivity contribution in [2.45, 2.75) is 38.3 Å². The summed E-state index contributed by atoms with van der Waals surface area (Å²) < 4.78 is 0. The van der Waals surface area contributed by atoms with Crippen molar-refractivity contribution >= 4 is 6.03 Å². The third kappa shape index (κ3) is 3.95. The first-order valence-corrected chi connectivity index (χ1v) is 8.55. The molecule has 0 fully saturated rings. The first kappa shape index (κ1) is 16.5. The molecule has 0 spiro atoms. The second-order valence-corrected chi connectivity index (χ2v) is 6.28. The van der Waals surface area contributed by atoms with Crippen LogP contribution in [0.15, 0.2) is 48.5 Å². The average Bonchev–Trinajstić information content (AvgIpc) is 2.64. The minimum Gasteiger partial charge on any atom is -0.392 e. The van der Waals surface area contributed by atoms with Gasteiger partial charge in [-0.15, -0.1) is 0 Å². The molecule has 2 aromatic rings. The Labute approximate surface area is 142 Å².